The van der Waals surface area contributed by atoms with Crippen molar-refractivity contribution in [3.8, 4) is 0 Å². The number of nitrogens with one attached hydrogen (secondary N) is 1. The summed E-state index contributed by atoms with van der Waals surface area (Å²) in [6.45, 7) is 10.0. The second kappa shape index (κ2) is 10.7. The van der Waals surface area contributed by atoms with Gasteiger partial charge in [-0.15, -0.1) is 0 Å². The zero-order chi connectivity index (χ0) is 28.2. The van der Waals surface area contributed by atoms with E-state index in [9.17, 15) is 4.79 Å². The van der Waals surface area contributed by atoms with E-state index in [1.807, 2.05) is 19.2 Å². The van der Waals surface area contributed by atoms with Crippen molar-refractivity contribution in [2.75, 3.05) is 18.1 Å². The zero-order valence-corrected chi connectivity index (χ0v) is 25.8. The molecule has 4 nitrogen and oxygen atoms in total. The monoisotopic (exact) mass is 546 g/mol. The third kappa shape index (κ3) is 4.70. The normalized spacial score (nSPS) is 40.3. The van der Waals surface area contributed by atoms with Gasteiger partial charge in [-0.2, -0.15) is 0 Å². The summed E-state index contributed by atoms with van der Waals surface area (Å²) in [6.07, 6.45) is 19.8. The molecule has 5 aliphatic carbocycles. The lowest BCUT2D eigenvalue weighted by atomic mass is 9.46. The van der Waals surface area contributed by atoms with Crippen LogP contribution in [-0.2, 0) is 4.74 Å². The number of fused-ring (bicyclic) bond motifs is 2. The summed E-state index contributed by atoms with van der Waals surface area (Å²) in [5.74, 6) is 6.25. The maximum atomic E-state index is 13.1. The summed E-state index contributed by atoms with van der Waals surface area (Å²) < 4.78 is 6.14. The third-order valence-electron chi connectivity index (χ3n) is 12.9. The molecule has 4 fully saturated rings. The van der Waals surface area contributed by atoms with Gasteiger partial charge >= 0.3 is 5.97 Å². The lowest BCUT2D eigenvalue weighted by molar-refractivity contribution is -0.0908. The smallest absolute Gasteiger partial charge is 0.338 e. The highest BCUT2D eigenvalue weighted by molar-refractivity contribution is 5.92. The fourth-order valence-corrected chi connectivity index (χ4v) is 11.2. The van der Waals surface area contributed by atoms with Gasteiger partial charge in [0, 0.05) is 18.4 Å². The molecular formula is C36H54N2O2. The van der Waals surface area contributed by atoms with Crippen molar-refractivity contribution in [2.24, 2.45) is 58.2 Å². The van der Waals surface area contributed by atoms with Gasteiger partial charge in [0.2, 0.25) is 0 Å². The molecule has 1 aromatic rings. The standard InChI is InChI=1S/C36H54N2O2/c1-22(2)7-6-8-23(3)31-11-12-32-30-10-9-26-19-29(40-34(39)25-17-27(37)20-28(18-25)38-5)14-16-36(26)15-13-24(33(30)36)21-35(31,32)4/h9-10,17-18,20,22-24,26,29-33,38H,6-8,11-16,19,21,37H2,1-5H3. The summed E-state index contributed by atoms with van der Waals surface area (Å²) in [4.78, 5) is 13.1. The molecule has 0 saturated heterocycles. The topological polar surface area (TPSA) is 64.3 Å². The van der Waals surface area contributed by atoms with Crippen LogP contribution in [0, 0.1) is 58.2 Å². The molecule has 5 aliphatic rings. The van der Waals surface area contributed by atoms with Crippen LogP contribution in [0.3, 0.4) is 0 Å². The summed E-state index contributed by atoms with van der Waals surface area (Å²) in [7, 11) is 1.84. The van der Waals surface area contributed by atoms with Crippen LogP contribution in [0.5, 0.6) is 0 Å². The second-order valence-electron chi connectivity index (χ2n) is 15.3. The van der Waals surface area contributed by atoms with Crippen LogP contribution in [0.25, 0.3) is 0 Å². The lowest BCUT2D eigenvalue weighted by Crippen LogP contribution is -2.53. The van der Waals surface area contributed by atoms with E-state index in [4.69, 9.17) is 10.5 Å². The molecule has 1 spiro atoms. The zero-order valence-electron chi connectivity index (χ0n) is 25.8. The van der Waals surface area contributed by atoms with E-state index in [0.717, 1.165) is 60.0 Å². The predicted molar refractivity (Wildman–Crippen MR) is 165 cm³/mol. The maximum Gasteiger partial charge on any atom is 0.338 e. The molecule has 10 unspecified atom stereocenters. The number of ether oxygens (including phenoxy) is 1. The Morgan fingerprint density at radius 1 is 1.07 bits per heavy atom. The number of carbonyl (C=O) groups is 1. The molecule has 0 heterocycles. The van der Waals surface area contributed by atoms with E-state index in [2.05, 4.69) is 45.2 Å². The summed E-state index contributed by atoms with van der Waals surface area (Å²) in [5, 5.41) is 3.09. The minimum atomic E-state index is -0.236. The Bertz CT molecular complexity index is 1130. The first-order valence-corrected chi connectivity index (χ1v) is 16.6. The highest BCUT2D eigenvalue weighted by atomic mass is 16.5. The Morgan fingerprint density at radius 3 is 2.65 bits per heavy atom. The van der Waals surface area contributed by atoms with Crippen LogP contribution in [-0.4, -0.2) is 19.1 Å². The molecular weight excluding hydrogens is 492 g/mol. The second-order valence-corrected chi connectivity index (χ2v) is 15.3. The van der Waals surface area contributed by atoms with Gasteiger partial charge < -0.3 is 15.8 Å². The van der Waals surface area contributed by atoms with E-state index >= 15 is 0 Å². The number of carbonyl (C=O) groups excluding carboxylic acids is 1. The lowest BCUT2D eigenvalue weighted by Gasteiger charge is -2.59. The van der Waals surface area contributed by atoms with E-state index < -0.39 is 0 Å². The highest BCUT2D eigenvalue weighted by Gasteiger charge is 2.65. The number of nitrogens with two attached hydrogens (primary N) is 1. The van der Waals surface area contributed by atoms with Crippen molar-refractivity contribution >= 4 is 17.3 Å². The number of benzene rings is 1. The van der Waals surface area contributed by atoms with Gasteiger partial charge in [-0.1, -0.05) is 59.1 Å². The average molecular weight is 547 g/mol. The number of hydrogen-bond donors (Lipinski definition) is 2. The van der Waals surface area contributed by atoms with Crippen LogP contribution in [0.15, 0.2) is 30.4 Å². The van der Waals surface area contributed by atoms with Crippen molar-refractivity contribution in [3.05, 3.63) is 35.9 Å². The first-order valence-electron chi connectivity index (χ1n) is 16.6. The predicted octanol–water partition coefficient (Wildman–Crippen LogP) is 8.73. The molecule has 0 bridgehead atoms. The fourth-order valence-electron chi connectivity index (χ4n) is 11.2. The Morgan fingerprint density at radius 2 is 1.88 bits per heavy atom. The van der Waals surface area contributed by atoms with Crippen LogP contribution in [0.2, 0.25) is 0 Å². The molecule has 4 saturated carbocycles. The van der Waals surface area contributed by atoms with E-state index in [1.165, 1.54) is 57.8 Å². The molecule has 1 aromatic carbocycles. The van der Waals surface area contributed by atoms with E-state index in [0.29, 0.717) is 28.0 Å². The van der Waals surface area contributed by atoms with Gasteiger partial charge in [-0.25, -0.2) is 4.79 Å². The van der Waals surface area contributed by atoms with Crippen molar-refractivity contribution in [3.63, 3.8) is 0 Å². The van der Waals surface area contributed by atoms with Crippen molar-refractivity contribution < 1.29 is 9.53 Å². The molecule has 0 radical (unpaired) electrons. The highest BCUT2D eigenvalue weighted by Crippen LogP contribution is 2.73. The molecule has 220 valence electrons. The van der Waals surface area contributed by atoms with Gasteiger partial charge in [-0.05, 0) is 128 Å². The Kier molecular flexibility index (Phi) is 7.53. The third-order valence-corrected chi connectivity index (χ3v) is 12.9. The van der Waals surface area contributed by atoms with Crippen LogP contribution < -0.4 is 11.1 Å². The molecule has 6 rings (SSSR count). The molecule has 4 heteroatoms. The molecule has 40 heavy (non-hydrogen) atoms. The summed E-state index contributed by atoms with van der Waals surface area (Å²) in [6, 6.07) is 5.42. The molecule has 0 aliphatic heterocycles. The van der Waals surface area contributed by atoms with Crippen molar-refractivity contribution in [2.45, 2.75) is 104 Å². The average Bonchev–Trinajstić information content (AvgIpc) is 3.46. The van der Waals surface area contributed by atoms with Gasteiger partial charge in [0.05, 0.1) is 5.56 Å². The van der Waals surface area contributed by atoms with Crippen molar-refractivity contribution in [1.29, 1.82) is 0 Å². The minimum absolute atomic E-state index is 0.000697. The first-order chi connectivity index (χ1) is 19.1. The number of rotatable bonds is 8. The van der Waals surface area contributed by atoms with Gasteiger partial charge in [0.25, 0.3) is 0 Å². The fraction of sp³-hybridized carbons (Fsp3) is 0.750. The van der Waals surface area contributed by atoms with Gasteiger partial charge in [-0.3, -0.25) is 0 Å². The molecule has 0 aromatic heterocycles. The Balaban J connectivity index is 1.16. The largest absolute Gasteiger partial charge is 0.459 e. The van der Waals surface area contributed by atoms with Gasteiger partial charge in [0.15, 0.2) is 0 Å². The van der Waals surface area contributed by atoms with E-state index in [-0.39, 0.29) is 12.1 Å². The molecule has 3 N–H and O–H groups in total. The Labute approximate surface area is 243 Å². The Hall–Kier alpha value is -1.97. The van der Waals surface area contributed by atoms with Crippen LogP contribution in [0.1, 0.15) is 109 Å². The molecule has 0 amide bonds. The van der Waals surface area contributed by atoms with E-state index in [1.54, 1.807) is 6.07 Å². The minimum Gasteiger partial charge on any atom is -0.459 e. The molecule has 10 atom stereocenters. The number of anilines is 2. The number of esters is 1. The van der Waals surface area contributed by atoms with Crippen LogP contribution in [0.4, 0.5) is 11.4 Å². The summed E-state index contributed by atoms with van der Waals surface area (Å²) in [5.41, 5.74) is 8.97. The van der Waals surface area contributed by atoms with Crippen molar-refractivity contribution in [1.82, 2.24) is 0 Å². The maximum absolute atomic E-state index is 13.1. The number of allylic oxidation sites excluding steroid dienone is 2. The van der Waals surface area contributed by atoms with Gasteiger partial charge in [0.1, 0.15) is 6.10 Å². The SMILES string of the molecule is CNc1cc(N)cc(C(=O)OC2CCC34CCC5CC6(C)C(C(C)CCCC(C)C)CCC6C(C=CC3C2)C54)c1. The number of nitrogen functional groups attached to an aromatic ring is 1. The summed E-state index contributed by atoms with van der Waals surface area (Å²) >= 11 is 0. The van der Waals surface area contributed by atoms with Crippen LogP contribution >= 0.6 is 0 Å². The number of hydrogen-bond acceptors (Lipinski definition) is 4. The quantitative estimate of drug-likeness (QED) is 0.194. The first kappa shape index (κ1) is 28.2.